The van der Waals surface area contributed by atoms with Gasteiger partial charge in [0, 0.05) is 4.91 Å². The molecule has 7 rings (SSSR count). The van der Waals surface area contributed by atoms with Crippen LogP contribution in [0.5, 0.6) is 0 Å². The first-order chi connectivity index (χ1) is 39.7. The van der Waals surface area contributed by atoms with Gasteiger partial charge in [-0.25, -0.2) is 0 Å². The monoisotopic (exact) mass is 1180 g/mol. The fourth-order valence-corrected chi connectivity index (χ4v) is 13.8. The molecule has 5 N–H and O–H groups in total. The molecule has 82 heavy (non-hydrogen) atoms. The van der Waals surface area contributed by atoms with E-state index in [1.165, 1.54) is 19.2 Å². The summed E-state index contributed by atoms with van der Waals surface area (Å²) in [6, 6.07) is 13.3. The average Bonchev–Trinajstić information content (AvgIpc) is 3.68. The molecule has 5 saturated heterocycles. The zero-order valence-electron chi connectivity index (χ0n) is 45.5. The predicted molar refractivity (Wildman–Crippen MR) is 294 cm³/mol. The van der Waals surface area contributed by atoms with Crippen LogP contribution in [0, 0.1) is 11.8 Å². The van der Waals surface area contributed by atoms with E-state index < -0.39 is 172 Å². The van der Waals surface area contributed by atoms with E-state index in [0.29, 0.717) is 12.6 Å². The van der Waals surface area contributed by atoms with E-state index in [1.807, 2.05) is 6.92 Å². The van der Waals surface area contributed by atoms with Crippen molar-refractivity contribution in [3.63, 3.8) is 0 Å². The van der Waals surface area contributed by atoms with Gasteiger partial charge in [-0.1, -0.05) is 41.5 Å². The number of hydrogen-bond acceptors (Lipinski definition) is 23. The molecule has 29 nitrogen and oxygen atoms in total. The van der Waals surface area contributed by atoms with E-state index in [4.69, 9.17) is 56.8 Å². The SMILES string of the molecule is CO[C@@H]1OC(CO)[C@@H](O[C@@H]2OC(C)[C@@H](O[C@@H]3OC(CO)[C@@H](O[C@@H]4OC(C)[C@@H](O[C@@H]5OC(CO)[C@@H](C)[C@H](PBB=O)C5N=[N+]=[N-])[C@H](C)C4OC(=O)c4ccccc4)[C@H](O)C3N=[N+]=[N-])[C@@H](OCc3ccccc3)C2O)[C@H](PBB=O)C1N=[N+]=[N-]. The Bertz CT molecular complexity index is 2530. The number of esters is 1. The Morgan fingerprint density at radius 3 is 1.70 bits per heavy atom. The van der Waals surface area contributed by atoms with Gasteiger partial charge >= 0.3 is 386 Å². The molecule has 0 aromatic heterocycles. The van der Waals surface area contributed by atoms with Crippen LogP contribution >= 0.6 is 16.9 Å². The predicted octanol–water partition coefficient (Wildman–Crippen LogP) is 1.38. The molecular formula is C47H67B4N9O20P2. The molecule has 2 aromatic carbocycles. The molecule has 5 aliphatic rings. The Balaban J connectivity index is 1.15. The fourth-order valence-electron chi connectivity index (χ4n) is 11.0. The van der Waals surface area contributed by atoms with Gasteiger partial charge in [0.05, 0.1) is 12.7 Å². The third-order valence-corrected chi connectivity index (χ3v) is 18.5. The van der Waals surface area contributed by atoms with Crippen molar-refractivity contribution < 1.29 is 96.6 Å². The Morgan fingerprint density at radius 1 is 0.585 bits per heavy atom. The molecule has 0 saturated carbocycles. The van der Waals surface area contributed by atoms with Crippen LogP contribution in [0.3, 0.4) is 0 Å². The van der Waals surface area contributed by atoms with Crippen molar-refractivity contribution in [2.45, 2.75) is 175 Å². The third-order valence-electron chi connectivity index (χ3n) is 15.2. The van der Waals surface area contributed by atoms with E-state index in [-0.39, 0.29) is 48.8 Å². The Kier molecular flexibility index (Phi) is 25.5. The van der Waals surface area contributed by atoms with Gasteiger partial charge in [0.1, 0.15) is 6.10 Å². The summed E-state index contributed by atoms with van der Waals surface area (Å²) >= 11 is 0. The number of rotatable bonds is 26. The summed E-state index contributed by atoms with van der Waals surface area (Å²) in [5.74, 6) is -1.99. The van der Waals surface area contributed by atoms with E-state index in [1.54, 1.807) is 69.3 Å². The zero-order chi connectivity index (χ0) is 59.0. The molecule has 12 unspecified atom stereocenters. The van der Waals surface area contributed by atoms with Crippen LogP contribution in [0.4, 0.5) is 0 Å². The van der Waals surface area contributed by atoms with Crippen molar-refractivity contribution in [1.82, 2.24) is 0 Å². The van der Waals surface area contributed by atoms with Gasteiger partial charge in [0.15, 0.2) is 0 Å². The van der Waals surface area contributed by atoms with Crippen molar-refractivity contribution in [3.8, 4) is 0 Å². The Morgan fingerprint density at radius 2 is 1.09 bits per heavy atom. The molecule has 35 heteroatoms. The molecule has 27 atom stereocenters. The number of benzene rings is 2. The summed E-state index contributed by atoms with van der Waals surface area (Å²) < 4.78 is 98.5. The van der Waals surface area contributed by atoms with Crippen molar-refractivity contribution in [3.05, 3.63) is 103 Å². The molecule has 0 radical (unpaired) electrons. The van der Waals surface area contributed by atoms with Gasteiger partial charge in [0.25, 0.3) is 0 Å². The summed E-state index contributed by atoms with van der Waals surface area (Å²) in [4.78, 5) is 22.9. The maximum atomic E-state index is 13.9. The van der Waals surface area contributed by atoms with Crippen molar-refractivity contribution >= 4 is 50.7 Å². The van der Waals surface area contributed by atoms with Crippen molar-refractivity contribution in [1.29, 1.82) is 0 Å². The number of ether oxygens (including phenoxy) is 12. The van der Waals surface area contributed by atoms with Crippen LogP contribution < -0.4 is 0 Å². The quantitative estimate of drug-likeness (QED) is 0.0222. The molecule has 0 aliphatic carbocycles. The van der Waals surface area contributed by atoms with Crippen LogP contribution in [-0.4, -0.2) is 227 Å². The minimum atomic E-state index is -1.86. The van der Waals surface area contributed by atoms with Gasteiger partial charge in [0.2, 0.25) is 0 Å². The molecule has 0 spiro atoms. The maximum absolute atomic E-state index is 13.9. The summed E-state index contributed by atoms with van der Waals surface area (Å²) in [6.07, 6.45) is -24.0. The van der Waals surface area contributed by atoms with Gasteiger partial charge in [-0.2, -0.15) is 0 Å². The average molecular weight is 1180 g/mol. The van der Waals surface area contributed by atoms with Crippen LogP contribution in [-0.2, 0) is 72.9 Å². The number of nitrogens with zero attached hydrogens (tertiary/aromatic N) is 9. The summed E-state index contributed by atoms with van der Waals surface area (Å²) in [5.41, 5.74) is 28.8. The molecule has 5 fully saturated rings. The van der Waals surface area contributed by atoms with Crippen molar-refractivity contribution in [2.24, 2.45) is 27.2 Å². The fraction of sp³-hybridized carbons (Fsp3) is 0.723. The molecule has 2 aromatic rings. The number of carbonyl (C=O) groups is 1. The normalized spacial score (nSPS) is 39.4. The number of aliphatic hydroxyl groups is 5. The van der Waals surface area contributed by atoms with Gasteiger partial charge < -0.3 is 10.2 Å². The number of carbonyl (C=O) groups excluding carboxylic acids is 1. The minimum absolute atomic E-state index is 0.00331. The standard InChI is InChI=1S/C47H67B4N9O20P2/c1-20-26(16-61)73-45(30(56-59-53)40(20)81-50-48-67)77-34-21(2)35(76-42(66)25-14-10-7-11-15-25)47(72-22(34)3)79-37-27(17-62)75-44(29(32(37)64)55-58-52)78-36-23(4)71-46(33(65)39(36)70-19-24-12-8-6-9-13-24)80-38-28(18-63)74-43(69-5)31(57-60-54)41(38)82-51-49-68/h6-15,20-23,26-41,43-47,50-51,61-65,81-82H,16-19H2,1-5H3/t20-,21+,22?,23?,26?,27?,28?,29?,30?,31?,32-,33?,34+,35?,36-,37-,38-,39+,40+,41-,43-,44+,45+,46+,47+/m1/s1. The second-order valence-electron chi connectivity index (χ2n) is 20.2. The first kappa shape index (κ1) is 65.5. The summed E-state index contributed by atoms with van der Waals surface area (Å²) in [7, 11) is 2.54. The van der Waals surface area contributed by atoms with Crippen LogP contribution in [0.1, 0.15) is 43.6 Å². The topological polar surface area (TPSA) is 409 Å². The summed E-state index contributed by atoms with van der Waals surface area (Å²) in [5, 5.41) is 68.2. The van der Waals surface area contributed by atoms with Crippen LogP contribution in [0.2, 0.25) is 0 Å². The van der Waals surface area contributed by atoms with Crippen LogP contribution in [0.25, 0.3) is 31.3 Å². The molecule has 442 valence electrons. The molecule has 0 amide bonds. The molecular weight excluding hydrogens is 1120 g/mol. The third kappa shape index (κ3) is 15.5. The molecule has 5 aliphatic heterocycles. The Hall–Kier alpha value is -4.08. The van der Waals surface area contributed by atoms with Crippen molar-refractivity contribution in [2.75, 3.05) is 26.9 Å². The van der Waals surface area contributed by atoms with E-state index in [9.17, 15) is 56.3 Å². The first-order valence-electron chi connectivity index (χ1n) is 26.7. The summed E-state index contributed by atoms with van der Waals surface area (Å²) in [6.45, 7) is 4.93. The van der Waals surface area contributed by atoms with Gasteiger partial charge in [-0.3, -0.25) is 0 Å². The first-order valence-corrected chi connectivity index (χ1v) is 29.3. The Labute approximate surface area is 477 Å². The van der Waals surface area contributed by atoms with E-state index in [2.05, 4.69) is 30.1 Å². The van der Waals surface area contributed by atoms with Gasteiger partial charge in [-0.05, 0) is 17.7 Å². The second-order valence-corrected chi connectivity index (χ2v) is 23.2. The number of aliphatic hydroxyl groups excluding tert-OH is 5. The van der Waals surface area contributed by atoms with E-state index >= 15 is 0 Å². The zero-order valence-corrected chi connectivity index (χ0v) is 47.5. The number of hydrogen-bond donors (Lipinski definition) is 5. The number of methoxy groups -OCH3 is 1. The van der Waals surface area contributed by atoms with Crippen LogP contribution in [0.15, 0.2) is 76.0 Å². The molecule has 5 heterocycles. The van der Waals surface area contributed by atoms with E-state index in [0.717, 1.165) is 7.04 Å². The number of azide groups is 3. The molecule has 0 bridgehead atoms. The van der Waals surface area contributed by atoms with Gasteiger partial charge in [-0.15, -0.1) is 0 Å². The second kappa shape index (κ2) is 31.9.